The number of nitrogens with zero attached hydrogens (tertiary/aromatic N) is 7. The summed E-state index contributed by atoms with van der Waals surface area (Å²) in [6.45, 7) is 6.47. The first-order valence-corrected chi connectivity index (χ1v) is 11.9. The van der Waals surface area contributed by atoms with Crippen LogP contribution < -0.4 is 5.32 Å². The maximum atomic E-state index is 13.5. The molecule has 186 valence electrons. The van der Waals surface area contributed by atoms with E-state index in [4.69, 9.17) is 5.10 Å². The highest BCUT2D eigenvalue weighted by Gasteiger charge is 2.26. The van der Waals surface area contributed by atoms with Crippen LogP contribution in [0.15, 0.2) is 36.7 Å². The minimum Gasteiger partial charge on any atom is -0.345 e. The van der Waals surface area contributed by atoms with Crippen molar-refractivity contribution in [2.45, 2.75) is 40.2 Å². The van der Waals surface area contributed by atoms with Crippen molar-refractivity contribution in [1.82, 2.24) is 34.4 Å². The molecule has 1 aromatic carbocycles. The van der Waals surface area contributed by atoms with Gasteiger partial charge in [0, 0.05) is 37.8 Å². The lowest BCUT2D eigenvalue weighted by Crippen LogP contribution is -2.23. The van der Waals surface area contributed by atoms with Crippen LogP contribution in [0.4, 0.5) is 16.0 Å². The van der Waals surface area contributed by atoms with Crippen molar-refractivity contribution in [3.63, 3.8) is 0 Å². The van der Waals surface area contributed by atoms with Crippen molar-refractivity contribution in [2.75, 3.05) is 19.4 Å². The van der Waals surface area contributed by atoms with Crippen molar-refractivity contribution in [3.05, 3.63) is 65.0 Å². The molecule has 1 N–H and O–H groups in total. The molecule has 0 aliphatic heterocycles. The van der Waals surface area contributed by atoms with Gasteiger partial charge in [0.2, 0.25) is 0 Å². The summed E-state index contributed by atoms with van der Waals surface area (Å²) in [5, 5.41) is 12.9. The molecule has 9 nitrogen and oxygen atoms in total. The van der Waals surface area contributed by atoms with Gasteiger partial charge in [0.1, 0.15) is 23.8 Å². The van der Waals surface area contributed by atoms with Gasteiger partial charge >= 0.3 is 0 Å². The third-order valence-electron chi connectivity index (χ3n) is 6.46. The van der Waals surface area contributed by atoms with Crippen molar-refractivity contribution in [1.29, 1.82) is 0 Å². The number of nitrogens with one attached hydrogen (secondary N) is 1. The Balaban J connectivity index is 1.50. The second kappa shape index (κ2) is 9.18. The molecular weight excluding hydrogens is 459 g/mol. The summed E-state index contributed by atoms with van der Waals surface area (Å²) in [6.07, 6.45) is 3.85. The molecule has 0 bridgehead atoms. The van der Waals surface area contributed by atoms with Crippen LogP contribution in [-0.4, -0.2) is 54.4 Å². The number of halogens is 1. The van der Waals surface area contributed by atoms with Gasteiger partial charge in [-0.1, -0.05) is 0 Å². The fourth-order valence-electron chi connectivity index (χ4n) is 4.32. The van der Waals surface area contributed by atoms with Crippen molar-refractivity contribution in [3.8, 4) is 17.1 Å². The van der Waals surface area contributed by atoms with Crippen LogP contribution >= 0.6 is 0 Å². The van der Waals surface area contributed by atoms with Crippen molar-refractivity contribution in [2.24, 2.45) is 5.92 Å². The monoisotopic (exact) mass is 488 g/mol. The van der Waals surface area contributed by atoms with Gasteiger partial charge in [-0.05, 0) is 63.8 Å². The highest BCUT2D eigenvalue weighted by atomic mass is 19.1. The summed E-state index contributed by atoms with van der Waals surface area (Å²) in [4.78, 5) is 23.0. The normalized spacial score (nSPS) is 13.2. The maximum absolute atomic E-state index is 13.5. The molecule has 5 rings (SSSR count). The van der Waals surface area contributed by atoms with Crippen LogP contribution in [0.2, 0.25) is 0 Å². The van der Waals surface area contributed by atoms with Gasteiger partial charge in [-0.15, -0.1) is 0 Å². The van der Waals surface area contributed by atoms with Gasteiger partial charge in [-0.3, -0.25) is 4.79 Å². The van der Waals surface area contributed by atoms with E-state index >= 15 is 0 Å². The molecule has 10 heteroatoms. The second-order valence-corrected chi connectivity index (χ2v) is 9.50. The SMILES string of the molecule is Cc1nn(-c2cc(Nc3c(C)c(-c4ccc(F)cc4)nn3CC3CC3)ncn2)c(C)c1C(=O)N(C)C. The molecule has 0 unspecified atom stereocenters. The Morgan fingerprint density at radius 2 is 1.83 bits per heavy atom. The number of hydrogen-bond donors (Lipinski definition) is 1. The zero-order valence-electron chi connectivity index (χ0n) is 21.1. The lowest BCUT2D eigenvalue weighted by Gasteiger charge is -2.12. The molecule has 0 atom stereocenters. The summed E-state index contributed by atoms with van der Waals surface area (Å²) in [7, 11) is 3.44. The largest absolute Gasteiger partial charge is 0.345 e. The number of anilines is 2. The quantitative estimate of drug-likeness (QED) is 0.413. The maximum Gasteiger partial charge on any atom is 0.257 e. The summed E-state index contributed by atoms with van der Waals surface area (Å²) in [5.41, 5.74) is 4.53. The lowest BCUT2D eigenvalue weighted by molar-refractivity contribution is 0.0826. The van der Waals surface area contributed by atoms with E-state index in [-0.39, 0.29) is 11.7 Å². The van der Waals surface area contributed by atoms with E-state index in [1.807, 2.05) is 25.5 Å². The van der Waals surface area contributed by atoms with E-state index in [2.05, 4.69) is 20.4 Å². The van der Waals surface area contributed by atoms with Crippen LogP contribution in [0.25, 0.3) is 17.1 Å². The Kier molecular flexibility index (Phi) is 6.03. The second-order valence-electron chi connectivity index (χ2n) is 9.50. The van der Waals surface area contributed by atoms with Crippen LogP contribution in [0.5, 0.6) is 0 Å². The molecule has 0 saturated heterocycles. The van der Waals surface area contributed by atoms with Crippen LogP contribution in [-0.2, 0) is 6.54 Å². The van der Waals surface area contributed by atoms with E-state index in [1.54, 1.807) is 37.0 Å². The predicted molar refractivity (Wildman–Crippen MR) is 135 cm³/mol. The van der Waals surface area contributed by atoms with Gasteiger partial charge in [-0.25, -0.2) is 23.7 Å². The number of amides is 1. The highest BCUT2D eigenvalue weighted by Crippen LogP contribution is 2.35. The molecule has 1 aliphatic rings. The highest BCUT2D eigenvalue weighted by molar-refractivity contribution is 5.96. The molecule has 36 heavy (non-hydrogen) atoms. The van der Waals surface area contributed by atoms with E-state index in [0.29, 0.717) is 34.5 Å². The average Bonchev–Trinajstić information content (AvgIpc) is 3.56. The molecule has 1 fully saturated rings. The van der Waals surface area contributed by atoms with E-state index in [9.17, 15) is 9.18 Å². The van der Waals surface area contributed by atoms with Crippen molar-refractivity contribution < 1.29 is 9.18 Å². The average molecular weight is 489 g/mol. The molecule has 3 aromatic heterocycles. The number of carbonyl (C=O) groups is 1. The third-order valence-corrected chi connectivity index (χ3v) is 6.46. The molecular formula is C26H29FN8O. The topological polar surface area (TPSA) is 93.8 Å². The fourth-order valence-corrected chi connectivity index (χ4v) is 4.32. The molecule has 1 amide bonds. The minimum absolute atomic E-state index is 0.100. The number of rotatable bonds is 7. The first-order chi connectivity index (χ1) is 17.2. The molecule has 0 radical (unpaired) electrons. The smallest absolute Gasteiger partial charge is 0.257 e. The van der Waals surface area contributed by atoms with Gasteiger partial charge in [0.25, 0.3) is 5.91 Å². The summed E-state index contributed by atoms with van der Waals surface area (Å²) in [6, 6.07) is 8.18. The lowest BCUT2D eigenvalue weighted by atomic mass is 10.1. The molecule has 1 aliphatic carbocycles. The standard InChI is InChI=1S/C26H29FN8O/c1-15-24(19-8-10-20(27)11-9-19)32-34(13-18-6-7-18)25(15)30-21-12-22(29-14-28-21)35-17(3)23(16(2)31-35)26(36)33(4)5/h8-12,14,18H,6-7,13H2,1-5H3,(H,28,29,30). The molecule has 3 heterocycles. The first kappa shape index (κ1) is 23.7. The third kappa shape index (κ3) is 4.46. The first-order valence-electron chi connectivity index (χ1n) is 11.9. The zero-order chi connectivity index (χ0) is 25.6. The molecule has 0 spiro atoms. The number of benzene rings is 1. The Morgan fingerprint density at radius 1 is 1.11 bits per heavy atom. The zero-order valence-corrected chi connectivity index (χ0v) is 21.1. The van der Waals surface area contributed by atoms with Crippen LogP contribution in [0.1, 0.15) is 40.2 Å². The molecule has 4 aromatic rings. The minimum atomic E-state index is -0.278. The van der Waals surface area contributed by atoms with Gasteiger partial charge in [0.15, 0.2) is 5.82 Å². The Hall–Kier alpha value is -4.08. The number of aromatic nitrogens is 6. The summed E-state index contributed by atoms with van der Waals surface area (Å²) < 4.78 is 17.1. The number of hydrogen-bond acceptors (Lipinski definition) is 6. The Labute approximate surface area is 209 Å². The summed E-state index contributed by atoms with van der Waals surface area (Å²) in [5.74, 6) is 2.20. The Bertz CT molecular complexity index is 1430. The van der Waals surface area contributed by atoms with Crippen molar-refractivity contribution >= 4 is 17.5 Å². The van der Waals surface area contributed by atoms with Gasteiger partial charge < -0.3 is 10.2 Å². The van der Waals surface area contributed by atoms with Crippen LogP contribution in [0.3, 0.4) is 0 Å². The molecule has 1 saturated carbocycles. The van der Waals surface area contributed by atoms with E-state index in [1.165, 1.54) is 36.2 Å². The number of aryl methyl sites for hydroxylation is 1. The van der Waals surface area contributed by atoms with Gasteiger partial charge in [0.05, 0.1) is 22.6 Å². The number of carbonyl (C=O) groups excluding carboxylic acids is 1. The van der Waals surface area contributed by atoms with E-state index < -0.39 is 0 Å². The van der Waals surface area contributed by atoms with Crippen LogP contribution in [0, 0.1) is 32.5 Å². The van der Waals surface area contributed by atoms with Gasteiger partial charge in [-0.2, -0.15) is 10.2 Å². The van der Waals surface area contributed by atoms with E-state index in [0.717, 1.165) is 29.2 Å². The predicted octanol–water partition coefficient (Wildman–Crippen LogP) is 4.45. The Morgan fingerprint density at radius 3 is 2.50 bits per heavy atom. The fraction of sp³-hybridized carbons (Fsp3) is 0.346. The summed E-state index contributed by atoms with van der Waals surface area (Å²) >= 11 is 0.